The Hall–Kier alpha value is -0.290. The molecule has 2 atom stereocenters. The maximum Gasteiger partial charge on any atom is 0.389 e. The normalized spacial score (nSPS) is 15.9. The standard InChI is InChI=1S/C12H24F3NO/c1-4-10(3)11(16-5-2)9-17-8-6-7-12(13,14)15/h10-11,16H,4-9H2,1-3H3. The van der Waals surface area contributed by atoms with Crippen LogP contribution in [0.4, 0.5) is 13.2 Å². The molecule has 0 saturated carbocycles. The van der Waals surface area contributed by atoms with Gasteiger partial charge in [0.25, 0.3) is 0 Å². The average molecular weight is 255 g/mol. The minimum Gasteiger partial charge on any atom is -0.380 e. The quantitative estimate of drug-likeness (QED) is 0.638. The molecule has 0 aliphatic heterocycles. The number of ether oxygens (including phenoxy) is 1. The molecule has 0 aliphatic rings. The van der Waals surface area contributed by atoms with Gasteiger partial charge < -0.3 is 10.1 Å². The molecule has 2 nitrogen and oxygen atoms in total. The van der Waals surface area contributed by atoms with Gasteiger partial charge in [0.1, 0.15) is 0 Å². The van der Waals surface area contributed by atoms with E-state index in [1.807, 2.05) is 6.92 Å². The van der Waals surface area contributed by atoms with Gasteiger partial charge in [-0.05, 0) is 18.9 Å². The van der Waals surface area contributed by atoms with Crippen LogP contribution in [-0.4, -0.2) is 32.0 Å². The lowest BCUT2D eigenvalue weighted by atomic mass is 10.00. The van der Waals surface area contributed by atoms with Crippen LogP contribution in [0.25, 0.3) is 0 Å². The van der Waals surface area contributed by atoms with E-state index >= 15 is 0 Å². The molecule has 1 N–H and O–H groups in total. The molecule has 0 aromatic carbocycles. The molecule has 0 rings (SSSR count). The molecule has 0 aromatic heterocycles. The Morgan fingerprint density at radius 2 is 1.88 bits per heavy atom. The van der Waals surface area contributed by atoms with E-state index in [0.29, 0.717) is 12.5 Å². The molecule has 0 aromatic rings. The Balaban J connectivity index is 3.68. The monoisotopic (exact) mass is 255 g/mol. The van der Waals surface area contributed by atoms with E-state index in [1.165, 1.54) is 0 Å². The summed E-state index contributed by atoms with van der Waals surface area (Å²) in [4.78, 5) is 0. The van der Waals surface area contributed by atoms with Gasteiger partial charge >= 0.3 is 6.18 Å². The number of alkyl halides is 3. The van der Waals surface area contributed by atoms with Gasteiger partial charge in [0.05, 0.1) is 6.61 Å². The van der Waals surface area contributed by atoms with Crippen molar-refractivity contribution in [3.05, 3.63) is 0 Å². The van der Waals surface area contributed by atoms with Gasteiger partial charge in [0.2, 0.25) is 0 Å². The first-order chi connectivity index (χ1) is 7.90. The van der Waals surface area contributed by atoms with E-state index in [-0.39, 0.29) is 19.1 Å². The fourth-order valence-electron chi connectivity index (χ4n) is 1.56. The van der Waals surface area contributed by atoms with Crippen molar-refractivity contribution in [2.45, 2.75) is 52.3 Å². The molecule has 17 heavy (non-hydrogen) atoms. The van der Waals surface area contributed by atoms with Gasteiger partial charge in [-0.2, -0.15) is 13.2 Å². The van der Waals surface area contributed by atoms with E-state index in [2.05, 4.69) is 19.2 Å². The molecular weight excluding hydrogens is 231 g/mol. The Kier molecular flexibility index (Phi) is 8.60. The second kappa shape index (κ2) is 8.75. The van der Waals surface area contributed by atoms with Gasteiger partial charge in [0, 0.05) is 19.1 Å². The third-order valence-electron chi connectivity index (χ3n) is 2.84. The Bertz CT molecular complexity index is 185. The van der Waals surface area contributed by atoms with Gasteiger partial charge in [-0.15, -0.1) is 0 Å². The molecule has 0 aliphatic carbocycles. The minimum absolute atomic E-state index is 0.0445. The van der Waals surface area contributed by atoms with Gasteiger partial charge in [0.15, 0.2) is 0 Å². The first kappa shape index (κ1) is 16.7. The molecule has 0 bridgehead atoms. The molecule has 0 amide bonds. The van der Waals surface area contributed by atoms with Crippen molar-refractivity contribution >= 4 is 0 Å². The maximum atomic E-state index is 11.9. The number of halogens is 3. The van der Waals surface area contributed by atoms with Crippen molar-refractivity contribution in [2.24, 2.45) is 5.92 Å². The van der Waals surface area contributed by atoms with E-state index in [4.69, 9.17) is 4.74 Å². The van der Waals surface area contributed by atoms with Crippen LogP contribution >= 0.6 is 0 Å². The highest BCUT2D eigenvalue weighted by molar-refractivity contribution is 4.71. The summed E-state index contributed by atoms with van der Waals surface area (Å²) in [6.45, 7) is 7.74. The second-order valence-corrected chi connectivity index (χ2v) is 4.34. The summed E-state index contributed by atoms with van der Waals surface area (Å²) in [5.41, 5.74) is 0. The highest BCUT2D eigenvalue weighted by Crippen LogP contribution is 2.21. The third kappa shape index (κ3) is 9.41. The summed E-state index contributed by atoms with van der Waals surface area (Å²) >= 11 is 0. The highest BCUT2D eigenvalue weighted by atomic mass is 19.4. The maximum absolute atomic E-state index is 11.9. The third-order valence-corrected chi connectivity index (χ3v) is 2.84. The molecule has 0 spiro atoms. The predicted molar refractivity (Wildman–Crippen MR) is 63.0 cm³/mol. The first-order valence-corrected chi connectivity index (χ1v) is 6.28. The molecule has 0 heterocycles. The lowest BCUT2D eigenvalue weighted by Gasteiger charge is -2.23. The Morgan fingerprint density at radius 3 is 2.35 bits per heavy atom. The van der Waals surface area contributed by atoms with E-state index in [0.717, 1.165) is 13.0 Å². The zero-order chi connectivity index (χ0) is 13.3. The van der Waals surface area contributed by atoms with Crippen LogP contribution in [0.15, 0.2) is 0 Å². The molecule has 0 fully saturated rings. The van der Waals surface area contributed by atoms with Crippen LogP contribution in [0.2, 0.25) is 0 Å². The van der Waals surface area contributed by atoms with Crippen LogP contribution in [-0.2, 0) is 4.74 Å². The van der Waals surface area contributed by atoms with Crippen molar-refractivity contribution < 1.29 is 17.9 Å². The SMILES string of the molecule is CCNC(COCCCC(F)(F)F)C(C)CC. The smallest absolute Gasteiger partial charge is 0.380 e. The number of likely N-dealkylation sites (N-methyl/N-ethyl adjacent to an activating group) is 1. The number of hydrogen-bond acceptors (Lipinski definition) is 2. The largest absolute Gasteiger partial charge is 0.389 e. The zero-order valence-electron chi connectivity index (χ0n) is 10.9. The summed E-state index contributed by atoms with van der Waals surface area (Å²) in [5, 5.41) is 3.29. The van der Waals surface area contributed by atoms with Gasteiger partial charge in [-0.25, -0.2) is 0 Å². The fourth-order valence-corrected chi connectivity index (χ4v) is 1.56. The van der Waals surface area contributed by atoms with E-state index in [1.54, 1.807) is 0 Å². The van der Waals surface area contributed by atoms with E-state index in [9.17, 15) is 13.2 Å². The van der Waals surface area contributed by atoms with Crippen molar-refractivity contribution in [3.63, 3.8) is 0 Å². The van der Waals surface area contributed by atoms with Crippen molar-refractivity contribution in [1.82, 2.24) is 5.32 Å². The topological polar surface area (TPSA) is 21.3 Å². The number of nitrogens with one attached hydrogen (secondary N) is 1. The first-order valence-electron chi connectivity index (χ1n) is 6.28. The predicted octanol–water partition coefficient (Wildman–Crippen LogP) is 3.37. The molecule has 2 unspecified atom stereocenters. The summed E-state index contributed by atoms with van der Waals surface area (Å²) in [6, 6.07) is 0.232. The molecule has 0 saturated heterocycles. The second-order valence-electron chi connectivity index (χ2n) is 4.34. The summed E-state index contributed by atoms with van der Waals surface area (Å²) in [5.74, 6) is 0.470. The van der Waals surface area contributed by atoms with Crippen LogP contribution in [0.5, 0.6) is 0 Å². The highest BCUT2D eigenvalue weighted by Gasteiger charge is 2.26. The molecular formula is C12H24F3NO. The van der Waals surface area contributed by atoms with Gasteiger partial charge in [-0.3, -0.25) is 0 Å². The van der Waals surface area contributed by atoms with Crippen LogP contribution in [0.3, 0.4) is 0 Å². The van der Waals surface area contributed by atoms with Crippen LogP contribution in [0.1, 0.15) is 40.0 Å². The average Bonchev–Trinajstić information content (AvgIpc) is 2.24. The zero-order valence-corrected chi connectivity index (χ0v) is 10.9. The molecule has 104 valence electrons. The Labute approximate surface area is 102 Å². The summed E-state index contributed by atoms with van der Waals surface area (Å²) < 4.78 is 40.9. The van der Waals surface area contributed by atoms with Crippen molar-refractivity contribution in [3.8, 4) is 0 Å². The minimum atomic E-state index is -4.07. The van der Waals surface area contributed by atoms with Crippen LogP contribution in [0, 0.1) is 5.92 Å². The van der Waals surface area contributed by atoms with Gasteiger partial charge in [-0.1, -0.05) is 27.2 Å². The number of rotatable bonds is 9. The summed E-state index contributed by atoms with van der Waals surface area (Å²) in [7, 11) is 0. The van der Waals surface area contributed by atoms with Crippen LogP contribution < -0.4 is 5.32 Å². The van der Waals surface area contributed by atoms with E-state index < -0.39 is 12.6 Å². The lowest BCUT2D eigenvalue weighted by molar-refractivity contribution is -0.138. The Morgan fingerprint density at radius 1 is 1.24 bits per heavy atom. The fraction of sp³-hybridized carbons (Fsp3) is 1.00. The lowest BCUT2D eigenvalue weighted by Crippen LogP contribution is -2.38. The van der Waals surface area contributed by atoms with Crippen molar-refractivity contribution in [1.29, 1.82) is 0 Å². The molecule has 0 radical (unpaired) electrons. The van der Waals surface area contributed by atoms with Crippen molar-refractivity contribution in [2.75, 3.05) is 19.8 Å². The number of hydrogen-bond donors (Lipinski definition) is 1. The molecule has 5 heteroatoms. The summed E-state index contributed by atoms with van der Waals surface area (Å²) in [6.07, 6.45) is -3.75.